The monoisotopic (exact) mass is 598 g/mol. The van der Waals surface area contributed by atoms with Crippen LogP contribution < -0.4 is 9.47 Å². The highest BCUT2D eigenvalue weighted by atomic mass is 16.6. The predicted octanol–water partition coefficient (Wildman–Crippen LogP) is 6.50. The topological polar surface area (TPSA) is 148 Å². The Morgan fingerprint density at radius 2 is 0.886 bits per heavy atom. The van der Waals surface area contributed by atoms with Gasteiger partial charge in [-0.15, -0.1) is 0 Å². The molecule has 0 aliphatic rings. The maximum Gasteiger partial charge on any atom is 0.278 e. The Labute approximate surface area is 253 Å². The molecule has 0 aliphatic carbocycles. The van der Waals surface area contributed by atoms with E-state index in [0.29, 0.717) is 60.4 Å². The van der Waals surface area contributed by atoms with Gasteiger partial charge in [-0.1, -0.05) is 48.5 Å². The van der Waals surface area contributed by atoms with Crippen LogP contribution in [0.5, 0.6) is 11.5 Å². The number of para-hydroxylation sites is 6. The number of benzene rings is 4. The van der Waals surface area contributed by atoms with Crippen LogP contribution in [0.4, 0.5) is 22.7 Å². The molecule has 0 aliphatic heterocycles. The van der Waals surface area contributed by atoms with Gasteiger partial charge >= 0.3 is 0 Å². The molecule has 0 saturated carbocycles. The number of hydrogen-bond acceptors (Lipinski definition) is 10. The van der Waals surface area contributed by atoms with E-state index in [4.69, 9.17) is 18.9 Å². The second-order valence-corrected chi connectivity index (χ2v) is 9.01. The highest BCUT2D eigenvalue weighted by molar-refractivity contribution is 5.88. The Morgan fingerprint density at radius 3 is 1.32 bits per heavy atom. The zero-order valence-corrected chi connectivity index (χ0v) is 23.7. The van der Waals surface area contributed by atoms with Crippen LogP contribution in [-0.4, -0.2) is 61.9 Å². The minimum absolute atomic E-state index is 0.0234. The largest absolute Gasteiger partial charge is 0.489 e. The number of rotatable bonds is 17. The Balaban J connectivity index is 1.14. The van der Waals surface area contributed by atoms with Crippen LogP contribution in [0.25, 0.3) is 0 Å². The molecular formula is C32H30N4O8. The van der Waals surface area contributed by atoms with Crippen molar-refractivity contribution in [3.05, 3.63) is 128 Å². The lowest BCUT2D eigenvalue weighted by Crippen LogP contribution is -2.13. The van der Waals surface area contributed by atoms with E-state index in [1.165, 1.54) is 24.6 Å². The van der Waals surface area contributed by atoms with Crippen LogP contribution in [0.15, 0.2) is 107 Å². The number of nitrogens with zero attached hydrogens (tertiary/aromatic N) is 4. The first kappa shape index (κ1) is 31.5. The molecule has 0 bridgehead atoms. The summed E-state index contributed by atoms with van der Waals surface area (Å²) in [6.45, 7) is 1.93. The molecule has 12 nitrogen and oxygen atoms in total. The summed E-state index contributed by atoms with van der Waals surface area (Å²) in [6, 6.07) is 27.1. The molecule has 226 valence electrons. The lowest BCUT2D eigenvalue weighted by Gasteiger charge is -2.10. The van der Waals surface area contributed by atoms with Gasteiger partial charge in [-0.2, -0.15) is 0 Å². The van der Waals surface area contributed by atoms with Crippen molar-refractivity contribution in [2.45, 2.75) is 0 Å². The Kier molecular flexibility index (Phi) is 12.1. The zero-order chi connectivity index (χ0) is 31.0. The predicted molar refractivity (Wildman–Crippen MR) is 166 cm³/mol. The van der Waals surface area contributed by atoms with E-state index >= 15 is 0 Å². The standard InChI is InChI=1S/C32H30N4O8/c37-35(38)29-13-5-1-9-25(29)23-33-27-11-3-7-15-31(27)43-21-19-41-17-18-42-20-22-44-32-16-8-4-12-28(32)34-24-26-10-2-6-14-30(26)36(39)40/h1-16,23-24H,17-22H2. The van der Waals surface area contributed by atoms with Crippen LogP contribution in [-0.2, 0) is 9.47 Å². The maximum absolute atomic E-state index is 11.2. The third kappa shape index (κ3) is 9.54. The molecule has 4 aromatic rings. The smallest absolute Gasteiger partial charge is 0.278 e. The average Bonchev–Trinajstić information content (AvgIpc) is 3.04. The molecule has 0 spiro atoms. The molecule has 0 heterocycles. The molecule has 4 rings (SSSR count). The molecule has 0 fully saturated rings. The third-order valence-corrected chi connectivity index (χ3v) is 6.03. The quantitative estimate of drug-likeness (QED) is 0.0579. The van der Waals surface area contributed by atoms with E-state index in [0.717, 1.165) is 0 Å². The first-order chi connectivity index (χ1) is 21.5. The highest BCUT2D eigenvalue weighted by Gasteiger charge is 2.12. The van der Waals surface area contributed by atoms with E-state index in [1.807, 2.05) is 12.1 Å². The van der Waals surface area contributed by atoms with Crippen molar-refractivity contribution in [2.24, 2.45) is 9.98 Å². The summed E-state index contributed by atoms with van der Waals surface area (Å²) in [5.41, 5.74) is 1.84. The van der Waals surface area contributed by atoms with Gasteiger partial charge < -0.3 is 18.9 Å². The fourth-order valence-electron chi connectivity index (χ4n) is 3.92. The number of aliphatic imine (C=N–C) groups is 2. The number of ether oxygens (including phenoxy) is 4. The molecular weight excluding hydrogens is 568 g/mol. The summed E-state index contributed by atoms with van der Waals surface area (Å²) in [5.74, 6) is 1.07. The van der Waals surface area contributed by atoms with Gasteiger partial charge in [0.15, 0.2) is 0 Å². The fourth-order valence-corrected chi connectivity index (χ4v) is 3.92. The molecule has 0 radical (unpaired) electrons. The second-order valence-electron chi connectivity index (χ2n) is 9.01. The number of hydrogen-bond donors (Lipinski definition) is 0. The van der Waals surface area contributed by atoms with Gasteiger partial charge in [0.1, 0.15) is 36.1 Å². The zero-order valence-electron chi connectivity index (χ0n) is 23.7. The Bertz CT molecular complexity index is 1490. The summed E-state index contributed by atoms with van der Waals surface area (Å²) in [6.07, 6.45) is 2.89. The van der Waals surface area contributed by atoms with Crippen molar-refractivity contribution >= 4 is 35.2 Å². The van der Waals surface area contributed by atoms with Crippen LogP contribution in [0, 0.1) is 20.2 Å². The van der Waals surface area contributed by atoms with Crippen LogP contribution in [0.2, 0.25) is 0 Å². The lowest BCUT2D eigenvalue weighted by molar-refractivity contribution is -0.385. The van der Waals surface area contributed by atoms with E-state index in [2.05, 4.69) is 9.98 Å². The van der Waals surface area contributed by atoms with Gasteiger partial charge in [-0.05, 0) is 36.4 Å². The molecule has 0 N–H and O–H groups in total. The van der Waals surface area contributed by atoms with E-state index in [9.17, 15) is 20.2 Å². The molecule has 0 amide bonds. The average molecular weight is 599 g/mol. The Morgan fingerprint density at radius 1 is 0.523 bits per heavy atom. The normalized spacial score (nSPS) is 11.2. The van der Waals surface area contributed by atoms with Crippen molar-refractivity contribution in [1.82, 2.24) is 0 Å². The summed E-state index contributed by atoms with van der Waals surface area (Å²) in [7, 11) is 0. The molecule has 0 atom stereocenters. The third-order valence-electron chi connectivity index (χ3n) is 6.03. The van der Waals surface area contributed by atoms with E-state index < -0.39 is 9.85 Å². The molecule has 0 saturated heterocycles. The van der Waals surface area contributed by atoms with Gasteiger partial charge in [-0.3, -0.25) is 30.2 Å². The van der Waals surface area contributed by atoms with Gasteiger partial charge in [-0.25, -0.2) is 0 Å². The van der Waals surface area contributed by atoms with E-state index in [1.54, 1.807) is 72.8 Å². The molecule has 12 heteroatoms. The van der Waals surface area contributed by atoms with Crippen molar-refractivity contribution in [3.63, 3.8) is 0 Å². The van der Waals surface area contributed by atoms with Crippen molar-refractivity contribution in [3.8, 4) is 11.5 Å². The minimum atomic E-state index is -0.446. The van der Waals surface area contributed by atoms with Crippen LogP contribution >= 0.6 is 0 Å². The molecule has 4 aromatic carbocycles. The van der Waals surface area contributed by atoms with Crippen LogP contribution in [0.3, 0.4) is 0 Å². The van der Waals surface area contributed by atoms with Crippen molar-refractivity contribution in [1.29, 1.82) is 0 Å². The summed E-state index contributed by atoms with van der Waals surface area (Å²) in [5, 5.41) is 22.5. The minimum Gasteiger partial charge on any atom is -0.489 e. The van der Waals surface area contributed by atoms with Gasteiger partial charge in [0.05, 0.1) is 47.4 Å². The SMILES string of the molecule is O=[N+]([O-])c1ccccc1C=Nc1ccccc1OCCOCCOCCOc1ccccc1N=Cc1ccccc1[N+](=O)[O-]. The highest BCUT2D eigenvalue weighted by Crippen LogP contribution is 2.28. The van der Waals surface area contributed by atoms with Crippen molar-refractivity contribution < 1.29 is 28.8 Å². The van der Waals surface area contributed by atoms with Gasteiger partial charge in [0.25, 0.3) is 11.4 Å². The summed E-state index contributed by atoms with van der Waals surface area (Å²) < 4.78 is 22.8. The fraction of sp³-hybridized carbons (Fsp3) is 0.188. The summed E-state index contributed by atoms with van der Waals surface area (Å²) >= 11 is 0. The van der Waals surface area contributed by atoms with Crippen LogP contribution in [0.1, 0.15) is 11.1 Å². The Hall–Kier alpha value is -5.46. The first-order valence-electron chi connectivity index (χ1n) is 13.7. The first-order valence-corrected chi connectivity index (χ1v) is 13.7. The molecule has 0 aromatic heterocycles. The lowest BCUT2D eigenvalue weighted by atomic mass is 10.2. The summed E-state index contributed by atoms with van der Waals surface area (Å²) in [4.78, 5) is 30.3. The molecule has 0 unspecified atom stereocenters. The number of nitro groups is 2. The second kappa shape index (κ2) is 16.9. The molecule has 44 heavy (non-hydrogen) atoms. The maximum atomic E-state index is 11.2. The van der Waals surface area contributed by atoms with Gasteiger partial charge in [0.2, 0.25) is 0 Å². The number of nitro benzene ring substituents is 2. The van der Waals surface area contributed by atoms with Gasteiger partial charge in [0, 0.05) is 24.6 Å². The van der Waals surface area contributed by atoms with Crippen molar-refractivity contribution in [2.75, 3.05) is 39.6 Å². The van der Waals surface area contributed by atoms with E-state index in [-0.39, 0.29) is 24.6 Å².